The summed E-state index contributed by atoms with van der Waals surface area (Å²) in [5, 5.41) is 13.8. The second kappa shape index (κ2) is 9.18. The zero-order valence-electron chi connectivity index (χ0n) is 18.6. The summed E-state index contributed by atoms with van der Waals surface area (Å²) in [6, 6.07) is 2.92. The maximum Gasteiger partial charge on any atom is 0.339 e. The number of hydrogen-bond acceptors (Lipinski definition) is 5. The summed E-state index contributed by atoms with van der Waals surface area (Å²) < 4.78 is 11.6. The number of rotatable bonds is 8. The van der Waals surface area contributed by atoms with Crippen LogP contribution in [0.4, 0.5) is 0 Å². The van der Waals surface area contributed by atoms with Gasteiger partial charge in [-0.05, 0) is 50.7 Å². The third-order valence-electron chi connectivity index (χ3n) is 6.44. The summed E-state index contributed by atoms with van der Waals surface area (Å²) in [5.41, 5.74) is 3.23. The monoisotopic (exact) mass is 439 g/mol. The molecule has 0 bridgehead atoms. The highest BCUT2D eigenvalue weighted by Crippen LogP contribution is 2.35. The molecule has 0 radical (unpaired) electrons. The number of carboxylic acid groups (broad SMARTS) is 1. The standard InChI is InChI=1S/C25H29NO6/c1-3-4-8-19(24(28)29)26-23(27)11-10-15-14(2)17-12-18-16-7-5-6-9-20(16)31-22(18)13-21(17)32-25(15)30/h12-13,19H,3-11H2,1-2H3,(H,26,27)(H,28,29)/t19-/m1/s1. The lowest BCUT2D eigenvalue weighted by atomic mass is 9.94. The molecule has 0 saturated carbocycles. The summed E-state index contributed by atoms with van der Waals surface area (Å²) >= 11 is 0. The van der Waals surface area contributed by atoms with E-state index < -0.39 is 17.6 Å². The Morgan fingerprint density at radius 3 is 2.62 bits per heavy atom. The Labute approximate surface area is 185 Å². The first-order valence-corrected chi connectivity index (χ1v) is 11.4. The van der Waals surface area contributed by atoms with E-state index in [1.54, 1.807) is 6.07 Å². The summed E-state index contributed by atoms with van der Waals surface area (Å²) in [6.07, 6.45) is 6.35. The van der Waals surface area contributed by atoms with E-state index in [1.807, 2.05) is 19.9 Å². The Morgan fingerprint density at radius 1 is 1.12 bits per heavy atom. The van der Waals surface area contributed by atoms with Crippen LogP contribution in [0.25, 0.3) is 21.9 Å². The molecule has 0 spiro atoms. The van der Waals surface area contributed by atoms with Crippen molar-refractivity contribution in [1.29, 1.82) is 0 Å². The Morgan fingerprint density at radius 2 is 1.88 bits per heavy atom. The number of aliphatic carboxylic acids is 1. The van der Waals surface area contributed by atoms with Crippen molar-refractivity contribution in [1.82, 2.24) is 5.32 Å². The van der Waals surface area contributed by atoms with Gasteiger partial charge < -0.3 is 19.3 Å². The summed E-state index contributed by atoms with van der Waals surface area (Å²) in [4.78, 5) is 36.4. The second-order valence-corrected chi connectivity index (χ2v) is 8.65. The number of aryl methyl sites for hydroxylation is 3. The summed E-state index contributed by atoms with van der Waals surface area (Å²) in [6.45, 7) is 3.84. The quantitative estimate of drug-likeness (QED) is 0.503. The van der Waals surface area contributed by atoms with Gasteiger partial charge in [0.2, 0.25) is 5.91 Å². The highest BCUT2D eigenvalue weighted by atomic mass is 16.4. The molecule has 2 aromatic heterocycles. The molecule has 0 unspecified atom stereocenters. The van der Waals surface area contributed by atoms with Crippen LogP contribution in [0.15, 0.2) is 25.8 Å². The number of carbonyl (C=O) groups is 2. The van der Waals surface area contributed by atoms with E-state index in [9.17, 15) is 19.5 Å². The largest absolute Gasteiger partial charge is 0.480 e. The van der Waals surface area contributed by atoms with Crippen LogP contribution < -0.4 is 10.9 Å². The molecule has 0 saturated heterocycles. The Kier molecular flexibility index (Phi) is 6.35. The first kappa shape index (κ1) is 22.1. The third kappa shape index (κ3) is 4.29. The van der Waals surface area contributed by atoms with Crippen LogP contribution in [0.5, 0.6) is 0 Å². The number of carboxylic acids is 1. The van der Waals surface area contributed by atoms with E-state index in [1.165, 1.54) is 5.56 Å². The molecule has 3 aromatic rings. The predicted octanol–water partition coefficient (Wildman–Crippen LogP) is 4.42. The van der Waals surface area contributed by atoms with Gasteiger partial charge in [0.15, 0.2) is 0 Å². The molecule has 170 valence electrons. The minimum atomic E-state index is -1.04. The molecule has 2 heterocycles. The molecule has 32 heavy (non-hydrogen) atoms. The number of carbonyl (C=O) groups excluding carboxylic acids is 1. The molecule has 1 aliphatic rings. The Bertz CT molecular complexity index is 1230. The smallest absolute Gasteiger partial charge is 0.339 e. The number of amides is 1. The Balaban J connectivity index is 1.58. The zero-order chi connectivity index (χ0) is 22.8. The zero-order valence-corrected chi connectivity index (χ0v) is 18.6. The maximum atomic E-state index is 12.6. The van der Waals surface area contributed by atoms with E-state index in [4.69, 9.17) is 8.83 Å². The van der Waals surface area contributed by atoms with Crippen molar-refractivity contribution in [3.8, 4) is 0 Å². The lowest BCUT2D eigenvalue weighted by Gasteiger charge is -2.14. The molecule has 7 nitrogen and oxygen atoms in total. The second-order valence-electron chi connectivity index (χ2n) is 8.65. The van der Waals surface area contributed by atoms with E-state index in [-0.39, 0.29) is 18.7 Å². The van der Waals surface area contributed by atoms with Gasteiger partial charge in [0.1, 0.15) is 23.0 Å². The lowest BCUT2D eigenvalue weighted by molar-refractivity contribution is -0.142. The number of benzene rings is 1. The fourth-order valence-corrected chi connectivity index (χ4v) is 4.60. The molecule has 7 heteroatoms. The molecule has 1 aliphatic carbocycles. The van der Waals surface area contributed by atoms with E-state index >= 15 is 0 Å². The van der Waals surface area contributed by atoms with Gasteiger partial charge in [-0.2, -0.15) is 0 Å². The number of furan rings is 1. The minimum Gasteiger partial charge on any atom is -0.480 e. The highest BCUT2D eigenvalue weighted by molar-refractivity contribution is 5.97. The molecular weight excluding hydrogens is 410 g/mol. The lowest BCUT2D eigenvalue weighted by Crippen LogP contribution is -2.40. The van der Waals surface area contributed by atoms with Crippen molar-refractivity contribution >= 4 is 33.8 Å². The van der Waals surface area contributed by atoms with Gasteiger partial charge >= 0.3 is 11.6 Å². The fourth-order valence-electron chi connectivity index (χ4n) is 4.60. The van der Waals surface area contributed by atoms with Gasteiger partial charge in [-0.1, -0.05) is 19.8 Å². The number of fused-ring (bicyclic) bond motifs is 4. The van der Waals surface area contributed by atoms with E-state index in [2.05, 4.69) is 5.32 Å². The minimum absolute atomic E-state index is 0.0242. The molecule has 1 atom stereocenters. The van der Waals surface area contributed by atoms with Crippen LogP contribution in [0.1, 0.15) is 67.9 Å². The first-order valence-electron chi connectivity index (χ1n) is 11.4. The van der Waals surface area contributed by atoms with Gasteiger partial charge in [-0.3, -0.25) is 4.79 Å². The molecule has 4 rings (SSSR count). The van der Waals surface area contributed by atoms with E-state index in [0.717, 1.165) is 66.2 Å². The molecule has 1 aromatic carbocycles. The van der Waals surface area contributed by atoms with E-state index in [0.29, 0.717) is 17.6 Å². The van der Waals surface area contributed by atoms with Gasteiger partial charge in [-0.15, -0.1) is 0 Å². The van der Waals surface area contributed by atoms with Crippen molar-refractivity contribution in [3.63, 3.8) is 0 Å². The van der Waals surface area contributed by atoms with Gasteiger partial charge in [0.25, 0.3) is 0 Å². The first-order chi connectivity index (χ1) is 15.4. The Hall–Kier alpha value is -3.09. The average Bonchev–Trinajstić information content (AvgIpc) is 3.12. The van der Waals surface area contributed by atoms with Crippen LogP contribution in [0, 0.1) is 6.92 Å². The van der Waals surface area contributed by atoms with Crippen LogP contribution in [-0.4, -0.2) is 23.0 Å². The van der Waals surface area contributed by atoms with Crippen LogP contribution in [0.2, 0.25) is 0 Å². The van der Waals surface area contributed by atoms with Crippen LogP contribution >= 0.6 is 0 Å². The topological polar surface area (TPSA) is 110 Å². The molecule has 2 N–H and O–H groups in total. The summed E-state index contributed by atoms with van der Waals surface area (Å²) in [7, 11) is 0. The van der Waals surface area contributed by atoms with Gasteiger partial charge in [0, 0.05) is 40.8 Å². The predicted molar refractivity (Wildman–Crippen MR) is 121 cm³/mol. The van der Waals surface area contributed by atoms with Gasteiger partial charge in [-0.25, -0.2) is 9.59 Å². The molecular formula is C25H29NO6. The molecule has 0 fully saturated rings. The fraction of sp³-hybridized carbons (Fsp3) is 0.480. The van der Waals surface area contributed by atoms with Crippen LogP contribution in [-0.2, 0) is 28.9 Å². The SMILES string of the molecule is CCCC[C@@H](NC(=O)CCc1c(C)c2cc3c4c(oc3cc2oc1=O)CCCC4)C(=O)O. The number of unbranched alkanes of at least 4 members (excludes halogenated alkanes) is 1. The van der Waals surface area contributed by atoms with Crippen molar-refractivity contribution in [2.45, 2.75) is 77.7 Å². The highest BCUT2D eigenvalue weighted by Gasteiger charge is 2.22. The van der Waals surface area contributed by atoms with Crippen molar-refractivity contribution in [2.75, 3.05) is 0 Å². The normalized spacial score (nSPS) is 14.4. The third-order valence-corrected chi connectivity index (χ3v) is 6.44. The van der Waals surface area contributed by atoms with Crippen molar-refractivity contribution in [2.24, 2.45) is 0 Å². The molecule has 0 aliphatic heterocycles. The maximum absolute atomic E-state index is 12.6. The van der Waals surface area contributed by atoms with Crippen LogP contribution in [0.3, 0.4) is 0 Å². The number of hydrogen-bond donors (Lipinski definition) is 2. The molecule has 1 amide bonds. The van der Waals surface area contributed by atoms with Crippen molar-refractivity contribution in [3.05, 3.63) is 45.0 Å². The summed E-state index contributed by atoms with van der Waals surface area (Å²) in [5.74, 6) is -0.401. The van der Waals surface area contributed by atoms with Gasteiger partial charge in [0.05, 0.1) is 0 Å². The average molecular weight is 440 g/mol. The number of nitrogens with one attached hydrogen (secondary N) is 1. The van der Waals surface area contributed by atoms with Crippen molar-refractivity contribution < 1.29 is 23.5 Å².